The highest BCUT2D eigenvalue weighted by Gasteiger charge is 2.33. The van der Waals surface area contributed by atoms with Gasteiger partial charge in [0.2, 0.25) is 5.88 Å². The Morgan fingerprint density at radius 3 is 2.35 bits per heavy atom. The van der Waals surface area contributed by atoms with E-state index in [2.05, 4.69) is 4.98 Å². The first-order valence-electron chi connectivity index (χ1n) is 6.01. The van der Waals surface area contributed by atoms with Crippen molar-refractivity contribution in [3.63, 3.8) is 0 Å². The Kier molecular flexibility index (Phi) is 4.62. The summed E-state index contributed by atoms with van der Waals surface area (Å²) in [6.45, 7) is 6.04. The summed E-state index contributed by atoms with van der Waals surface area (Å²) in [7, 11) is 0. The molecule has 4 nitrogen and oxygen atoms in total. The fourth-order valence-electron chi connectivity index (χ4n) is 1.35. The molecule has 1 aromatic rings. The number of rotatable bonds is 4. The third kappa shape index (κ3) is 4.71. The Morgan fingerprint density at radius 1 is 1.30 bits per heavy atom. The van der Waals surface area contributed by atoms with Crippen LogP contribution in [0.2, 0.25) is 0 Å². The third-order valence-corrected chi connectivity index (χ3v) is 2.51. The van der Waals surface area contributed by atoms with Gasteiger partial charge in [-0.15, -0.1) is 0 Å². The Hall–Kier alpha value is -1.79. The summed E-state index contributed by atoms with van der Waals surface area (Å²) >= 11 is 0. The van der Waals surface area contributed by atoms with Crippen molar-refractivity contribution in [2.75, 3.05) is 6.61 Å². The van der Waals surface area contributed by atoms with Gasteiger partial charge in [0.15, 0.2) is 0 Å². The molecule has 112 valence electrons. The molecule has 0 atom stereocenters. The second-order valence-corrected chi connectivity index (χ2v) is 5.57. The van der Waals surface area contributed by atoms with Gasteiger partial charge in [0.05, 0.1) is 6.61 Å². The minimum atomic E-state index is -4.60. The number of aromatic nitrogens is 1. The molecule has 1 aromatic heterocycles. The lowest BCUT2D eigenvalue weighted by Crippen LogP contribution is -2.18. The van der Waals surface area contributed by atoms with E-state index in [4.69, 9.17) is 10.5 Å². The number of hydrogen-bond acceptors (Lipinski definition) is 3. The molecule has 1 rings (SSSR count). The van der Waals surface area contributed by atoms with Crippen LogP contribution in [-0.4, -0.2) is 17.5 Å². The maximum Gasteiger partial charge on any atom is 0.433 e. The molecule has 0 aromatic carbocycles. The third-order valence-electron chi connectivity index (χ3n) is 2.51. The van der Waals surface area contributed by atoms with Gasteiger partial charge < -0.3 is 10.5 Å². The van der Waals surface area contributed by atoms with Crippen LogP contribution >= 0.6 is 0 Å². The number of nitrogens with two attached hydrogens (primary N) is 1. The quantitative estimate of drug-likeness (QED) is 0.927. The zero-order chi connectivity index (χ0) is 15.6. The smallest absolute Gasteiger partial charge is 0.433 e. The Balaban J connectivity index is 2.98. The normalized spacial score (nSPS) is 12.3. The molecular weight excluding hydrogens is 273 g/mol. The van der Waals surface area contributed by atoms with E-state index in [1.54, 1.807) is 0 Å². The van der Waals surface area contributed by atoms with E-state index in [1.165, 1.54) is 0 Å². The van der Waals surface area contributed by atoms with Crippen molar-refractivity contribution < 1.29 is 22.7 Å². The van der Waals surface area contributed by atoms with E-state index in [9.17, 15) is 18.0 Å². The molecule has 20 heavy (non-hydrogen) atoms. The van der Waals surface area contributed by atoms with Gasteiger partial charge in [0, 0.05) is 0 Å². The minimum Gasteiger partial charge on any atom is -0.477 e. The number of halogens is 3. The molecule has 0 aliphatic carbocycles. The van der Waals surface area contributed by atoms with Gasteiger partial charge in [-0.05, 0) is 24.0 Å². The largest absolute Gasteiger partial charge is 0.477 e. The van der Waals surface area contributed by atoms with Crippen molar-refractivity contribution in [1.29, 1.82) is 0 Å². The SMILES string of the molecule is CC(C)(C)CCOc1nc(C(F)(F)F)ccc1C(N)=O. The summed E-state index contributed by atoms with van der Waals surface area (Å²) in [5.41, 5.74) is 3.77. The molecule has 0 saturated heterocycles. The summed E-state index contributed by atoms with van der Waals surface area (Å²) < 4.78 is 42.9. The number of ether oxygens (including phenoxy) is 1. The molecule has 0 aliphatic heterocycles. The molecule has 0 saturated carbocycles. The lowest BCUT2D eigenvalue weighted by molar-refractivity contribution is -0.141. The number of alkyl halides is 3. The minimum absolute atomic E-state index is 0.0471. The molecule has 1 amide bonds. The van der Waals surface area contributed by atoms with Crippen molar-refractivity contribution in [3.8, 4) is 5.88 Å². The number of nitrogens with zero attached hydrogens (tertiary/aromatic N) is 1. The first kappa shape index (κ1) is 16.3. The molecule has 0 fully saturated rings. The molecular formula is C13H17F3N2O2. The number of pyridine rings is 1. The molecule has 0 unspecified atom stereocenters. The van der Waals surface area contributed by atoms with Gasteiger partial charge in [-0.3, -0.25) is 4.79 Å². The van der Waals surface area contributed by atoms with Gasteiger partial charge in [0.1, 0.15) is 11.3 Å². The molecule has 0 aliphatic rings. The van der Waals surface area contributed by atoms with Crippen LogP contribution in [0, 0.1) is 5.41 Å². The monoisotopic (exact) mass is 290 g/mol. The van der Waals surface area contributed by atoms with E-state index in [1.807, 2.05) is 20.8 Å². The summed E-state index contributed by atoms with van der Waals surface area (Å²) in [6, 6.07) is 1.68. The fourth-order valence-corrected chi connectivity index (χ4v) is 1.35. The van der Waals surface area contributed by atoms with Crippen LogP contribution in [0.5, 0.6) is 5.88 Å². The second-order valence-electron chi connectivity index (χ2n) is 5.57. The van der Waals surface area contributed by atoms with E-state index in [-0.39, 0.29) is 23.5 Å². The second kappa shape index (κ2) is 5.68. The predicted molar refractivity (Wildman–Crippen MR) is 67.3 cm³/mol. The van der Waals surface area contributed by atoms with Gasteiger partial charge in [0.25, 0.3) is 5.91 Å². The molecule has 1 heterocycles. The first-order valence-corrected chi connectivity index (χ1v) is 6.01. The van der Waals surface area contributed by atoms with E-state index in [0.717, 1.165) is 6.07 Å². The van der Waals surface area contributed by atoms with Crippen molar-refractivity contribution in [2.45, 2.75) is 33.4 Å². The maximum atomic E-state index is 12.6. The van der Waals surface area contributed by atoms with Crippen LogP contribution in [0.3, 0.4) is 0 Å². The van der Waals surface area contributed by atoms with Crippen molar-refractivity contribution >= 4 is 5.91 Å². The Bertz CT molecular complexity index is 493. The molecule has 0 spiro atoms. The zero-order valence-corrected chi connectivity index (χ0v) is 11.5. The van der Waals surface area contributed by atoms with Crippen LogP contribution in [0.15, 0.2) is 12.1 Å². The Labute approximate surface area is 115 Å². The molecule has 2 N–H and O–H groups in total. The van der Waals surface area contributed by atoms with Gasteiger partial charge in [-0.2, -0.15) is 13.2 Å². The van der Waals surface area contributed by atoms with Crippen molar-refractivity contribution in [2.24, 2.45) is 11.1 Å². The number of carbonyl (C=O) groups excluding carboxylic acids is 1. The van der Waals surface area contributed by atoms with E-state index >= 15 is 0 Å². The average Bonchev–Trinajstić information content (AvgIpc) is 2.25. The van der Waals surface area contributed by atoms with Gasteiger partial charge in [-0.1, -0.05) is 20.8 Å². The van der Waals surface area contributed by atoms with Crippen LogP contribution in [0.4, 0.5) is 13.2 Å². The number of hydrogen-bond donors (Lipinski definition) is 1. The first-order chi connectivity index (χ1) is 9.00. The predicted octanol–water partition coefficient (Wildman–Crippen LogP) is 3.01. The van der Waals surface area contributed by atoms with Crippen molar-refractivity contribution in [3.05, 3.63) is 23.4 Å². The summed E-state index contributed by atoms with van der Waals surface area (Å²) in [5.74, 6) is -1.26. The van der Waals surface area contributed by atoms with Crippen LogP contribution in [0.25, 0.3) is 0 Å². The highest BCUT2D eigenvalue weighted by Crippen LogP contribution is 2.30. The average molecular weight is 290 g/mol. The van der Waals surface area contributed by atoms with Gasteiger partial charge >= 0.3 is 6.18 Å². The lowest BCUT2D eigenvalue weighted by Gasteiger charge is -2.18. The topological polar surface area (TPSA) is 65.2 Å². The number of amides is 1. The van der Waals surface area contributed by atoms with E-state index in [0.29, 0.717) is 12.5 Å². The lowest BCUT2D eigenvalue weighted by atomic mass is 9.93. The maximum absolute atomic E-state index is 12.6. The zero-order valence-electron chi connectivity index (χ0n) is 11.5. The standard InChI is InChI=1S/C13H17F3N2O2/c1-12(2,3)6-7-20-11-8(10(17)19)4-5-9(18-11)13(14,15)16/h4-5H,6-7H2,1-3H3,(H2,17,19). The number of carbonyl (C=O) groups is 1. The summed E-state index contributed by atoms with van der Waals surface area (Å²) in [5, 5.41) is 0. The molecule has 7 heteroatoms. The molecule has 0 bridgehead atoms. The van der Waals surface area contributed by atoms with Crippen LogP contribution in [-0.2, 0) is 6.18 Å². The molecule has 0 radical (unpaired) electrons. The highest BCUT2D eigenvalue weighted by molar-refractivity contribution is 5.95. The summed E-state index contributed by atoms with van der Waals surface area (Å²) in [6.07, 6.45) is -4.00. The van der Waals surface area contributed by atoms with Crippen LogP contribution < -0.4 is 10.5 Å². The van der Waals surface area contributed by atoms with Crippen LogP contribution in [0.1, 0.15) is 43.2 Å². The Morgan fingerprint density at radius 2 is 1.90 bits per heavy atom. The van der Waals surface area contributed by atoms with Crippen molar-refractivity contribution in [1.82, 2.24) is 4.98 Å². The summed E-state index contributed by atoms with van der Waals surface area (Å²) in [4.78, 5) is 14.5. The van der Waals surface area contributed by atoms with Gasteiger partial charge in [-0.25, -0.2) is 4.98 Å². The highest BCUT2D eigenvalue weighted by atomic mass is 19.4. The number of primary amides is 1. The van der Waals surface area contributed by atoms with E-state index < -0.39 is 17.8 Å². The fraction of sp³-hybridized carbons (Fsp3) is 0.538.